The number of alkyl halides is 14. The molecule has 1 radical (unpaired) electrons. The van der Waals surface area contributed by atoms with Crippen molar-refractivity contribution in [1.29, 1.82) is 0 Å². The largest absolute Gasteiger partial charge is 0.384 e. The van der Waals surface area contributed by atoms with Gasteiger partial charge in [0.05, 0.1) is 0 Å². The predicted octanol–water partition coefficient (Wildman–Crippen LogP) is 4.90. The highest BCUT2D eigenvalue weighted by atomic mass is 19.4. The molecule has 0 rings (SSSR count). The van der Waals surface area contributed by atoms with Crippen LogP contribution in [0.25, 0.3) is 0 Å². The van der Waals surface area contributed by atoms with Crippen molar-refractivity contribution >= 4 is 0 Å². The van der Waals surface area contributed by atoms with Gasteiger partial charge >= 0.3 is 42.0 Å². The Labute approximate surface area is 112 Å². The minimum atomic E-state index is -7.97. The molecule has 0 saturated heterocycles. The molecule has 22 heavy (non-hydrogen) atoms. The summed E-state index contributed by atoms with van der Waals surface area (Å²) in [5, 5.41) is 0. The molecule has 0 unspecified atom stereocenters. The molecule has 0 aliphatic carbocycles. The van der Waals surface area contributed by atoms with Crippen LogP contribution in [-0.4, -0.2) is 42.0 Å². The molecule has 0 aliphatic rings. The summed E-state index contributed by atoms with van der Waals surface area (Å²) in [6.45, 7) is 1.02. The first-order valence-electron chi connectivity index (χ1n) is 4.60. The summed E-state index contributed by atoms with van der Waals surface area (Å²) < 4.78 is 173. The van der Waals surface area contributed by atoms with Crippen LogP contribution in [-0.2, 0) is 0 Å². The molecule has 0 heterocycles. The van der Waals surface area contributed by atoms with Crippen LogP contribution >= 0.6 is 0 Å². The van der Waals surface area contributed by atoms with Gasteiger partial charge in [0.15, 0.2) is 0 Å². The van der Waals surface area contributed by atoms with Crippen LogP contribution in [0.5, 0.6) is 0 Å². The van der Waals surface area contributed by atoms with Gasteiger partial charge in [-0.15, -0.1) is 0 Å². The smallest absolute Gasteiger partial charge is 0.203 e. The van der Waals surface area contributed by atoms with E-state index in [2.05, 4.69) is 0 Å². The van der Waals surface area contributed by atoms with E-state index in [1.165, 1.54) is 0 Å². The average molecular weight is 365 g/mol. The zero-order chi connectivity index (χ0) is 18.6. The van der Waals surface area contributed by atoms with Crippen LogP contribution in [0.2, 0.25) is 0 Å². The second-order valence-corrected chi connectivity index (χ2v) is 3.93. The lowest BCUT2D eigenvalue weighted by atomic mass is 9.92. The first kappa shape index (κ1) is 21.0. The van der Waals surface area contributed by atoms with E-state index in [-0.39, 0.29) is 0 Å². The van der Waals surface area contributed by atoms with Gasteiger partial charge in [-0.2, -0.15) is 52.7 Å². The van der Waals surface area contributed by atoms with Crippen molar-refractivity contribution < 1.29 is 61.5 Å². The fraction of sp³-hybridized carbons (Fsp3) is 0.875. The number of hydrogen-bond acceptors (Lipinski definition) is 0. The molecule has 0 bridgehead atoms. The van der Waals surface area contributed by atoms with E-state index < -0.39 is 42.0 Å². The third-order valence-corrected chi connectivity index (χ3v) is 2.34. The van der Waals surface area contributed by atoms with Gasteiger partial charge in [-0.25, -0.2) is 8.78 Å². The Balaban J connectivity index is 6.24. The Morgan fingerprint density at radius 1 is 0.500 bits per heavy atom. The molecule has 0 saturated carbocycles. The van der Waals surface area contributed by atoms with Crippen LogP contribution in [0.1, 0.15) is 0 Å². The lowest BCUT2D eigenvalue weighted by molar-refractivity contribution is -0.428. The van der Waals surface area contributed by atoms with Crippen molar-refractivity contribution in [3.05, 3.63) is 6.92 Å². The van der Waals surface area contributed by atoms with Crippen molar-refractivity contribution in [1.82, 2.24) is 0 Å². The molecule has 133 valence electrons. The summed E-state index contributed by atoms with van der Waals surface area (Å²) >= 11 is 0. The monoisotopic (exact) mass is 365 g/mol. The molecular formula is C8H3F14. The van der Waals surface area contributed by atoms with E-state index >= 15 is 0 Å². The zero-order valence-corrected chi connectivity index (χ0v) is 9.58. The van der Waals surface area contributed by atoms with Gasteiger partial charge in [0.1, 0.15) is 0 Å². The van der Waals surface area contributed by atoms with Crippen LogP contribution in [0, 0.1) is 6.92 Å². The summed E-state index contributed by atoms with van der Waals surface area (Å²) in [7, 11) is 0. The van der Waals surface area contributed by atoms with Crippen molar-refractivity contribution in [2.75, 3.05) is 0 Å². The maximum absolute atomic E-state index is 12.7. The Morgan fingerprint density at radius 3 is 1.00 bits per heavy atom. The normalized spacial score (nSPS) is 16.4. The van der Waals surface area contributed by atoms with Gasteiger partial charge in [0, 0.05) is 6.92 Å². The summed E-state index contributed by atoms with van der Waals surface area (Å²) in [4.78, 5) is 0. The quantitative estimate of drug-likeness (QED) is 0.588. The van der Waals surface area contributed by atoms with E-state index in [1.807, 2.05) is 0 Å². The fourth-order valence-corrected chi connectivity index (χ4v) is 0.970. The Morgan fingerprint density at radius 2 is 0.773 bits per heavy atom. The van der Waals surface area contributed by atoms with Gasteiger partial charge in [-0.05, 0) is 0 Å². The molecular weight excluding hydrogens is 362 g/mol. The second kappa shape index (κ2) is 5.01. The van der Waals surface area contributed by atoms with E-state index in [1.54, 1.807) is 0 Å². The highest BCUT2D eigenvalue weighted by Crippen LogP contribution is 2.60. The zero-order valence-electron chi connectivity index (χ0n) is 9.58. The van der Waals surface area contributed by atoms with E-state index in [0.717, 1.165) is 6.92 Å². The fourth-order valence-electron chi connectivity index (χ4n) is 0.970. The standard InChI is InChI=1S/C8H3F14/c1-3(11,12)5(15,16)7(19,20)8(21,22)6(17,18)4(13,14)2(9)10/h2H,1H2. The second-order valence-electron chi connectivity index (χ2n) is 3.93. The highest BCUT2D eigenvalue weighted by molar-refractivity contribution is 5.12. The van der Waals surface area contributed by atoms with Gasteiger partial charge in [-0.1, -0.05) is 0 Å². The highest BCUT2D eigenvalue weighted by Gasteiger charge is 2.90. The van der Waals surface area contributed by atoms with Crippen LogP contribution in [0.3, 0.4) is 0 Å². The molecule has 0 fully saturated rings. The van der Waals surface area contributed by atoms with Gasteiger partial charge in [0.2, 0.25) is 0 Å². The van der Waals surface area contributed by atoms with Crippen molar-refractivity contribution in [3.63, 3.8) is 0 Å². The third kappa shape index (κ3) is 2.47. The van der Waals surface area contributed by atoms with Gasteiger partial charge in [-0.3, -0.25) is 0 Å². The molecule has 0 aromatic rings. The van der Waals surface area contributed by atoms with Crippen LogP contribution in [0.15, 0.2) is 0 Å². The minimum absolute atomic E-state index is 1.02. The molecule has 0 aromatic heterocycles. The molecule has 14 heteroatoms. The minimum Gasteiger partial charge on any atom is -0.203 e. The lowest BCUT2D eigenvalue weighted by Gasteiger charge is -2.40. The van der Waals surface area contributed by atoms with E-state index in [9.17, 15) is 61.5 Å². The molecule has 0 aromatic carbocycles. The van der Waals surface area contributed by atoms with E-state index in [0.29, 0.717) is 0 Å². The summed E-state index contributed by atoms with van der Waals surface area (Å²) in [6.07, 6.45) is -5.68. The van der Waals surface area contributed by atoms with Gasteiger partial charge in [0.25, 0.3) is 0 Å². The average Bonchev–Trinajstić information content (AvgIpc) is 2.25. The molecule has 0 amide bonds. The number of hydrogen-bond donors (Lipinski definition) is 0. The number of halogens is 14. The van der Waals surface area contributed by atoms with Crippen LogP contribution in [0.4, 0.5) is 61.5 Å². The molecule has 0 atom stereocenters. The van der Waals surface area contributed by atoms with E-state index in [4.69, 9.17) is 0 Å². The molecule has 0 N–H and O–H groups in total. The summed E-state index contributed by atoms with van der Waals surface area (Å²) in [5.41, 5.74) is 0. The SMILES string of the molecule is [CH2]C(F)(F)C(F)(F)C(F)(F)C(F)(F)C(F)(F)C(F)(F)C(F)F. The topological polar surface area (TPSA) is 0 Å². The predicted molar refractivity (Wildman–Crippen MR) is 41.0 cm³/mol. The summed E-state index contributed by atoms with van der Waals surface area (Å²) in [6, 6.07) is 0. The third-order valence-electron chi connectivity index (χ3n) is 2.34. The van der Waals surface area contributed by atoms with Crippen LogP contribution < -0.4 is 0 Å². The first-order chi connectivity index (χ1) is 9.19. The van der Waals surface area contributed by atoms with Gasteiger partial charge < -0.3 is 0 Å². The summed E-state index contributed by atoms with van der Waals surface area (Å²) in [5.74, 6) is -44.5. The maximum Gasteiger partial charge on any atom is 0.384 e. The Bertz CT molecular complexity index is 402. The lowest BCUT2D eigenvalue weighted by Crippen LogP contribution is -2.71. The first-order valence-corrected chi connectivity index (χ1v) is 4.60. The molecule has 0 spiro atoms. The Hall–Kier alpha value is -0.980. The number of rotatable bonds is 6. The maximum atomic E-state index is 12.7. The molecule has 0 aliphatic heterocycles. The van der Waals surface area contributed by atoms with Crippen molar-refractivity contribution in [2.24, 2.45) is 0 Å². The Kier molecular flexibility index (Phi) is 4.79. The van der Waals surface area contributed by atoms with Crippen molar-refractivity contribution in [2.45, 2.75) is 42.0 Å². The molecule has 0 nitrogen and oxygen atoms in total. The van der Waals surface area contributed by atoms with Crippen molar-refractivity contribution in [3.8, 4) is 0 Å².